The Morgan fingerprint density at radius 1 is 1.10 bits per heavy atom. The summed E-state index contributed by atoms with van der Waals surface area (Å²) in [6.07, 6.45) is 1.52. The smallest absolute Gasteiger partial charge is 0.203 e. The van der Waals surface area contributed by atoms with Crippen molar-refractivity contribution in [3.63, 3.8) is 0 Å². The Labute approximate surface area is 125 Å². The van der Waals surface area contributed by atoms with Gasteiger partial charge in [-0.15, -0.1) is 12.4 Å². The molecular formula is C14H22ClNO4. The molecule has 0 unspecified atom stereocenters. The fraction of sp³-hybridized carbons (Fsp3) is 0.571. The molecule has 5 nitrogen and oxygen atoms in total. The van der Waals surface area contributed by atoms with Crippen LogP contribution >= 0.6 is 12.4 Å². The lowest BCUT2D eigenvalue weighted by Gasteiger charge is -2.23. The van der Waals surface area contributed by atoms with Crippen molar-refractivity contribution in [1.29, 1.82) is 0 Å². The maximum Gasteiger partial charge on any atom is 0.203 e. The van der Waals surface area contributed by atoms with Gasteiger partial charge < -0.3 is 25.1 Å². The van der Waals surface area contributed by atoms with E-state index in [0.717, 1.165) is 18.4 Å². The number of benzene rings is 1. The van der Waals surface area contributed by atoms with Crippen LogP contribution in [0.5, 0.6) is 17.2 Å². The largest absolute Gasteiger partial charge is 0.493 e. The molecule has 1 aliphatic rings. The summed E-state index contributed by atoms with van der Waals surface area (Å²) < 4.78 is 15.9. The van der Waals surface area contributed by atoms with Crippen LogP contribution in [0.2, 0.25) is 0 Å². The van der Waals surface area contributed by atoms with Crippen molar-refractivity contribution in [3.05, 3.63) is 17.7 Å². The molecule has 0 heterocycles. The molecule has 2 atom stereocenters. The molecule has 1 aromatic carbocycles. The molecule has 0 aliphatic heterocycles. The molecular weight excluding hydrogens is 282 g/mol. The summed E-state index contributed by atoms with van der Waals surface area (Å²) in [5, 5.41) is 10.2. The monoisotopic (exact) mass is 303 g/mol. The SMILES string of the molecule is COc1ccc([C@@H](N)[C@@H](O)C2CC2)c(OC)c1OC.Cl. The highest BCUT2D eigenvalue weighted by molar-refractivity contribution is 5.85. The first-order valence-electron chi connectivity index (χ1n) is 6.36. The minimum atomic E-state index is -0.549. The van der Waals surface area contributed by atoms with Gasteiger partial charge in [0.05, 0.1) is 33.5 Å². The molecule has 3 N–H and O–H groups in total. The summed E-state index contributed by atoms with van der Waals surface area (Å²) in [6, 6.07) is 3.11. The minimum absolute atomic E-state index is 0. The van der Waals surface area contributed by atoms with Crippen LogP contribution in [0.25, 0.3) is 0 Å². The van der Waals surface area contributed by atoms with E-state index in [1.54, 1.807) is 27.4 Å². The molecule has 0 amide bonds. The number of hydrogen-bond donors (Lipinski definition) is 2. The summed E-state index contributed by atoms with van der Waals surface area (Å²) in [4.78, 5) is 0. The maximum atomic E-state index is 10.2. The summed E-state index contributed by atoms with van der Waals surface area (Å²) in [7, 11) is 4.67. The topological polar surface area (TPSA) is 73.9 Å². The summed E-state index contributed by atoms with van der Waals surface area (Å²) in [6.45, 7) is 0. The van der Waals surface area contributed by atoms with E-state index in [2.05, 4.69) is 0 Å². The van der Waals surface area contributed by atoms with E-state index in [1.807, 2.05) is 6.07 Å². The Balaban J connectivity index is 0.00000200. The van der Waals surface area contributed by atoms with Crippen LogP contribution in [-0.2, 0) is 0 Å². The number of aliphatic hydroxyl groups is 1. The number of aliphatic hydroxyl groups excluding tert-OH is 1. The first kappa shape index (κ1) is 16.9. The first-order chi connectivity index (χ1) is 9.13. The van der Waals surface area contributed by atoms with Crippen molar-refractivity contribution in [2.24, 2.45) is 11.7 Å². The van der Waals surface area contributed by atoms with E-state index in [4.69, 9.17) is 19.9 Å². The van der Waals surface area contributed by atoms with E-state index < -0.39 is 12.1 Å². The Kier molecular flexibility index (Phi) is 5.92. The van der Waals surface area contributed by atoms with Crippen LogP contribution in [0.3, 0.4) is 0 Å². The summed E-state index contributed by atoms with van der Waals surface area (Å²) in [5.41, 5.74) is 6.88. The lowest BCUT2D eigenvalue weighted by Crippen LogP contribution is -2.28. The van der Waals surface area contributed by atoms with E-state index >= 15 is 0 Å². The molecule has 0 bridgehead atoms. The van der Waals surface area contributed by atoms with Gasteiger partial charge in [-0.25, -0.2) is 0 Å². The van der Waals surface area contributed by atoms with Crippen molar-refractivity contribution < 1.29 is 19.3 Å². The van der Waals surface area contributed by atoms with E-state index in [-0.39, 0.29) is 12.4 Å². The van der Waals surface area contributed by atoms with Crippen LogP contribution < -0.4 is 19.9 Å². The summed E-state index contributed by atoms with van der Waals surface area (Å²) in [5.74, 6) is 1.90. The van der Waals surface area contributed by atoms with Gasteiger partial charge in [-0.3, -0.25) is 0 Å². The number of methoxy groups -OCH3 is 3. The van der Waals surface area contributed by atoms with Crippen molar-refractivity contribution in [2.45, 2.75) is 25.0 Å². The van der Waals surface area contributed by atoms with Crippen LogP contribution in [0.1, 0.15) is 24.4 Å². The summed E-state index contributed by atoms with van der Waals surface area (Å²) >= 11 is 0. The average molecular weight is 304 g/mol. The third-order valence-corrected chi connectivity index (χ3v) is 3.57. The molecule has 0 saturated heterocycles. The predicted molar refractivity (Wildman–Crippen MR) is 79.0 cm³/mol. The molecule has 6 heteroatoms. The molecule has 0 spiro atoms. The van der Waals surface area contributed by atoms with Crippen LogP contribution in [0, 0.1) is 5.92 Å². The van der Waals surface area contributed by atoms with Gasteiger partial charge in [0, 0.05) is 5.56 Å². The molecule has 0 radical (unpaired) electrons. The first-order valence-corrected chi connectivity index (χ1v) is 6.36. The number of hydrogen-bond acceptors (Lipinski definition) is 5. The Bertz CT molecular complexity index is 451. The van der Waals surface area contributed by atoms with Crippen LogP contribution in [0.4, 0.5) is 0 Å². The zero-order valence-electron chi connectivity index (χ0n) is 12.0. The Morgan fingerprint density at radius 3 is 2.15 bits per heavy atom. The zero-order chi connectivity index (χ0) is 14.0. The normalized spacial score (nSPS) is 16.9. The second-order valence-corrected chi connectivity index (χ2v) is 4.78. The van der Waals surface area contributed by atoms with Gasteiger partial charge in [-0.1, -0.05) is 0 Å². The number of nitrogens with two attached hydrogens (primary N) is 1. The highest BCUT2D eigenvalue weighted by atomic mass is 35.5. The highest BCUT2D eigenvalue weighted by Gasteiger charge is 2.36. The van der Waals surface area contributed by atoms with Gasteiger partial charge in [0.2, 0.25) is 5.75 Å². The third kappa shape index (κ3) is 3.11. The fourth-order valence-corrected chi connectivity index (χ4v) is 2.30. The molecule has 1 saturated carbocycles. The Morgan fingerprint density at radius 2 is 1.70 bits per heavy atom. The van der Waals surface area contributed by atoms with Crippen LogP contribution in [0.15, 0.2) is 12.1 Å². The maximum absolute atomic E-state index is 10.2. The highest BCUT2D eigenvalue weighted by Crippen LogP contribution is 2.44. The van der Waals surface area contributed by atoms with Gasteiger partial charge in [-0.2, -0.15) is 0 Å². The lowest BCUT2D eigenvalue weighted by atomic mass is 9.97. The zero-order valence-corrected chi connectivity index (χ0v) is 12.8. The third-order valence-electron chi connectivity index (χ3n) is 3.57. The second kappa shape index (κ2) is 7.02. The lowest BCUT2D eigenvalue weighted by molar-refractivity contribution is 0.121. The average Bonchev–Trinajstić information content (AvgIpc) is 3.28. The Hall–Kier alpha value is -1.17. The predicted octanol–water partition coefficient (Wildman–Crippen LogP) is 1.90. The van der Waals surface area contributed by atoms with Gasteiger partial charge in [0.25, 0.3) is 0 Å². The van der Waals surface area contributed by atoms with E-state index in [1.165, 1.54) is 0 Å². The fourth-order valence-electron chi connectivity index (χ4n) is 2.30. The van der Waals surface area contributed by atoms with Gasteiger partial charge >= 0.3 is 0 Å². The van der Waals surface area contributed by atoms with Gasteiger partial charge in [-0.05, 0) is 30.9 Å². The standard InChI is InChI=1S/C14H21NO4.ClH/c1-17-10-7-6-9(13(18-2)14(10)19-3)11(15)12(16)8-4-5-8;/h6-8,11-12,16H,4-5,15H2,1-3H3;1H/t11-,12+;/m1./s1. The van der Waals surface area contributed by atoms with Crippen molar-refractivity contribution >= 4 is 12.4 Å². The molecule has 2 rings (SSSR count). The minimum Gasteiger partial charge on any atom is -0.493 e. The van der Waals surface area contributed by atoms with Crippen molar-refractivity contribution in [2.75, 3.05) is 21.3 Å². The van der Waals surface area contributed by atoms with Crippen molar-refractivity contribution in [3.8, 4) is 17.2 Å². The van der Waals surface area contributed by atoms with Gasteiger partial charge in [0.15, 0.2) is 11.5 Å². The number of halogens is 1. The number of ether oxygens (including phenoxy) is 3. The van der Waals surface area contributed by atoms with Gasteiger partial charge in [0.1, 0.15) is 0 Å². The quantitative estimate of drug-likeness (QED) is 0.839. The molecule has 114 valence electrons. The van der Waals surface area contributed by atoms with E-state index in [9.17, 15) is 5.11 Å². The number of rotatable bonds is 6. The molecule has 0 aromatic heterocycles. The van der Waals surface area contributed by atoms with E-state index in [0.29, 0.717) is 23.2 Å². The second-order valence-electron chi connectivity index (χ2n) is 4.78. The molecule has 1 aromatic rings. The molecule has 1 fully saturated rings. The van der Waals surface area contributed by atoms with Crippen molar-refractivity contribution in [1.82, 2.24) is 0 Å². The van der Waals surface area contributed by atoms with Crippen LogP contribution in [-0.4, -0.2) is 32.5 Å². The molecule has 20 heavy (non-hydrogen) atoms. The molecule has 1 aliphatic carbocycles.